The summed E-state index contributed by atoms with van der Waals surface area (Å²) in [7, 11) is 0. The monoisotopic (exact) mass is 273 g/mol. The number of carbonyl (C=O) groups is 1. The first-order valence-corrected chi connectivity index (χ1v) is 5.49. The third kappa shape index (κ3) is 3.57. The van der Waals surface area contributed by atoms with Gasteiger partial charge in [-0.25, -0.2) is 4.79 Å². The molecule has 1 aromatic rings. The predicted octanol–water partition coefficient (Wildman–Crippen LogP) is 2.57. The highest BCUT2D eigenvalue weighted by molar-refractivity contribution is 5.82. The Hall–Kier alpha value is -1.82. The highest BCUT2D eigenvalue weighted by atomic mass is 19.4. The number of benzene rings is 1. The first kappa shape index (κ1) is 15.2. The summed E-state index contributed by atoms with van der Waals surface area (Å²) in [6.07, 6.45) is -4.68. The lowest BCUT2D eigenvalue weighted by molar-refractivity contribution is -0.206. The number of ether oxygens (including phenoxy) is 1. The Labute approximate surface area is 108 Å². The van der Waals surface area contributed by atoms with Gasteiger partial charge in [-0.15, -0.1) is 6.58 Å². The van der Waals surface area contributed by atoms with Crippen molar-refractivity contribution in [1.82, 2.24) is 0 Å². The summed E-state index contributed by atoms with van der Waals surface area (Å²) in [4.78, 5) is 11.6. The highest BCUT2D eigenvalue weighted by Gasteiger charge is 2.58. The second-order valence-electron chi connectivity index (χ2n) is 4.02. The van der Waals surface area contributed by atoms with Crippen LogP contribution in [0.1, 0.15) is 12.0 Å². The first-order valence-electron chi connectivity index (χ1n) is 5.49. The van der Waals surface area contributed by atoms with Crippen LogP contribution in [0, 0.1) is 0 Å². The maximum atomic E-state index is 12.8. The number of halogens is 3. The molecule has 0 bridgehead atoms. The average molecular weight is 273 g/mol. The standard InChI is InChI=1S/C13H14F3NO2/c1-2-8-12(17,13(14,15)16)11(18)19-9-10-6-4-3-5-7-10/h2-7H,1,8-9,17H2. The number of rotatable bonds is 5. The molecule has 104 valence electrons. The van der Waals surface area contributed by atoms with Crippen molar-refractivity contribution >= 4 is 5.97 Å². The molecule has 0 heterocycles. The maximum absolute atomic E-state index is 12.8. The fourth-order valence-corrected chi connectivity index (χ4v) is 1.39. The Balaban J connectivity index is 2.76. The Kier molecular flexibility index (Phi) is 4.72. The van der Waals surface area contributed by atoms with E-state index < -0.39 is 24.1 Å². The number of esters is 1. The topological polar surface area (TPSA) is 52.3 Å². The fourth-order valence-electron chi connectivity index (χ4n) is 1.39. The number of hydrogen-bond acceptors (Lipinski definition) is 3. The van der Waals surface area contributed by atoms with E-state index in [-0.39, 0.29) is 6.61 Å². The van der Waals surface area contributed by atoms with Crippen LogP contribution in [0.15, 0.2) is 43.0 Å². The third-order valence-electron chi connectivity index (χ3n) is 2.55. The summed E-state index contributed by atoms with van der Waals surface area (Å²) in [5, 5.41) is 0. The molecule has 1 atom stereocenters. The molecule has 0 spiro atoms. The van der Waals surface area contributed by atoms with Crippen molar-refractivity contribution in [2.24, 2.45) is 5.73 Å². The van der Waals surface area contributed by atoms with Crippen molar-refractivity contribution < 1.29 is 22.7 Å². The van der Waals surface area contributed by atoms with Crippen molar-refractivity contribution in [3.8, 4) is 0 Å². The van der Waals surface area contributed by atoms with Gasteiger partial charge in [0, 0.05) is 6.42 Å². The molecule has 1 rings (SSSR count). The molecule has 0 amide bonds. The minimum Gasteiger partial charge on any atom is -0.459 e. The first-order chi connectivity index (χ1) is 8.81. The summed E-state index contributed by atoms with van der Waals surface area (Å²) in [6.45, 7) is 2.91. The number of hydrogen-bond donors (Lipinski definition) is 1. The second kappa shape index (κ2) is 5.88. The normalized spacial score (nSPS) is 14.5. The second-order valence-corrected chi connectivity index (χ2v) is 4.02. The van der Waals surface area contributed by atoms with Gasteiger partial charge in [-0.2, -0.15) is 13.2 Å². The average Bonchev–Trinajstić information content (AvgIpc) is 2.36. The fraction of sp³-hybridized carbons (Fsp3) is 0.308. The molecule has 0 aliphatic rings. The summed E-state index contributed by atoms with van der Waals surface area (Å²) in [6, 6.07) is 8.38. The zero-order valence-electron chi connectivity index (χ0n) is 10.1. The molecule has 1 unspecified atom stereocenters. The van der Waals surface area contributed by atoms with Gasteiger partial charge in [0.2, 0.25) is 5.54 Å². The Morgan fingerprint density at radius 1 is 1.32 bits per heavy atom. The number of nitrogens with two attached hydrogens (primary N) is 1. The van der Waals surface area contributed by atoms with Gasteiger partial charge in [0.1, 0.15) is 6.61 Å². The molecule has 0 radical (unpaired) electrons. The van der Waals surface area contributed by atoms with Crippen LogP contribution in [-0.4, -0.2) is 17.7 Å². The number of carbonyl (C=O) groups excluding carboxylic acids is 1. The third-order valence-corrected chi connectivity index (χ3v) is 2.55. The zero-order valence-corrected chi connectivity index (χ0v) is 10.1. The van der Waals surface area contributed by atoms with E-state index >= 15 is 0 Å². The van der Waals surface area contributed by atoms with Crippen molar-refractivity contribution in [3.05, 3.63) is 48.6 Å². The minimum absolute atomic E-state index is 0.258. The van der Waals surface area contributed by atoms with E-state index in [1.165, 1.54) is 0 Å². The van der Waals surface area contributed by atoms with Gasteiger partial charge in [-0.3, -0.25) is 0 Å². The summed E-state index contributed by atoms with van der Waals surface area (Å²) in [5.74, 6) is -1.51. The van der Waals surface area contributed by atoms with E-state index in [1.807, 2.05) is 0 Å². The summed E-state index contributed by atoms with van der Waals surface area (Å²) < 4.78 is 43.0. The molecule has 0 aromatic heterocycles. The van der Waals surface area contributed by atoms with Crippen LogP contribution in [0.5, 0.6) is 0 Å². The van der Waals surface area contributed by atoms with E-state index in [9.17, 15) is 18.0 Å². The van der Waals surface area contributed by atoms with E-state index in [0.29, 0.717) is 5.56 Å². The molecule has 6 heteroatoms. The summed E-state index contributed by atoms with van der Waals surface area (Å²) in [5.41, 5.74) is 2.65. The smallest absolute Gasteiger partial charge is 0.417 e. The largest absolute Gasteiger partial charge is 0.459 e. The highest BCUT2D eigenvalue weighted by Crippen LogP contribution is 2.32. The van der Waals surface area contributed by atoms with Crippen LogP contribution in [0.25, 0.3) is 0 Å². The lowest BCUT2D eigenvalue weighted by atomic mass is 9.96. The molecule has 1 aromatic carbocycles. The molecular weight excluding hydrogens is 259 g/mol. The molecule has 0 saturated carbocycles. The van der Waals surface area contributed by atoms with Gasteiger partial charge >= 0.3 is 12.1 Å². The van der Waals surface area contributed by atoms with Gasteiger partial charge in [0.05, 0.1) is 0 Å². The van der Waals surface area contributed by atoms with Crippen LogP contribution in [0.2, 0.25) is 0 Å². The van der Waals surface area contributed by atoms with Crippen LogP contribution >= 0.6 is 0 Å². The molecule has 0 fully saturated rings. The number of alkyl halides is 3. The predicted molar refractivity (Wildman–Crippen MR) is 64.0 cm³/mol. The van der Waals surface area contributed by atoms with Crippen molar-refractivity contribution in [1.29, 1.82) is 0 Å². The molecule has 2 N–H and O–H groups in total. The van der Waals surface area contributed by atoms with E-state index in [4.69, 9.17) is 5.73 Å². The summed E-state index contributed by atoms with van der Waals surface area (Å²) >= 11 is 0. The molecular formula is C13H14F3NO2. The van der Waals surface area contributed by atoms with Crippen LogP contribution in [0.4, 0.5) is 13.2 Å². The molecule has 0 saturated heterocycles. The molecule has 19 heavy (non-hydrogen) atoms. The van der Waals surface area contributed by atoms with Gasteiger partial charge in [-0.05, 0) is 5.56 Å². The van der Waals surface area contributed by atoms with Crippen LogP contribution in [-0.2, 0) is 16.1 Å². The Morgan fingerprint density at radius 3 is 2.37 bits per heavy atom. The van der Waals surface area contributed by atoms with Gasteiger partial charge < -0.3 is 10.5 Å². The SMILES string of the molecule is C=CCC(N)(C(=O)OCc1ccccc1)C(F)(F)F. The zero-order chi connectivity index (χ0) is 14.5. The Bertz CT molecular complexity index is 445. The van der Waals surface area contributed by atoms with E-state index in [0.717, 1.165) is 6.08 Å². The lowest BCUT2D eigenvalue weighted by Crippen LogP contribution is -2.59. The molecule has 0 aliphatic heterocycles. The van der Waals surface area contributed by atoms with Crippen molar-refractivity contribution in [2.75, 3.05) is 0 Å². The minimum atomic E-state index is -4.89. The van der Waals surface area contributed by atoms with E-state index in [1.54, 1.807) is 30.3 Å². The maximum Gasteiger partial charge on any atom is 0.417 e. The van der Waals surface area contributed by atoms with Gasteiger partial charge in [-0.1, -0.05) is 36.4 Å². The van der Waals surface area contributed by atoms with E-state index in [2.05, 4.69) is 11.3 Å². The quantitative estimate of drug-likeness (QED) is 0.662. The Morgan fingerprint density at radius 2 is 1.89 bits per heavy atom. The van der Waals surface area contributed by atoms with Gasteiger partial charge in [0.15, 0.2) is 0 Å². The van der Waals surface area contributed by atoms with Gasteiger partial charge in [0.25, 0.3) is 0 Å². The molecule has 0 aliphatic carbocycles. The van der Waals surface area contributed by atoms with Crippen molar-refractivity contribution in [3.63, 3.8) is 0 Å². The lowest BCUT2D eigenvalue weighted by Gasteiger charge is -2.28. The molecule has 3 nitrogen and oxygen atoms in total. The van der Waals surface area contributed by atoms with Crippen LogP contribution in [0.3, 0.4) is 0 Å². The van der Waals surface area contributed by atoms with Crippen molar-refractivity contribution in [2.45, 2.75) is 24.7 Å². The van der Waals surface area contributed by atoms with Crippen LogP contribution < -0.4 is 5.73 Å².